The molecule has 12 nitrogen and oxygen atoms in total. The number of carbonyl (C=O) groups is 3. The highest BCUT2D eigenvalue weighted by molar-refractivity contribution is 7.79. The summed E-state index contributed by atoms with van der Waals surface area (Å²) in [7, 11) is 0. The van der Waals surface area contributed by atoms with Gasteiger partial charge in [0, 0.05) is 26.1 Å². The van der Waals surface area contributed by atoms with Crippen LogP contribution in [0.15, 0.2) is 77.8 Å². The Morgan fingerprint density at radius 2 is 1.93 bits per heavy atom. The quantitative estimate of drug-likeness (QED) is 0.0732. The molecule has 1 aromatic heterocycles. The maximum atomic E-state index is 13.9. The number of rotatable bonds is 11. The van der Waals surface area contributed by atoms with Crippen molar-refractivity contribution >= 4 is 40.5 Å². The second-order valence-electron chi connectivity index (χ2n) is 9.76. The molecule has 4 rings (SSSR count). The lowest BCUT2D eigenvalue weighted by Gasteiger charge is -2.30. The van der Waals surface area contributed by atoms with Gasteiger partial charge < -0.3 is 30.6 Å². The number of anilines is 1. The highest BCUT2D eigenvalue weighted by atomic mass is 32.2. The summed E-state index contributed by atoms with van der Waals surface area (Å²) in [6.07, 6.45) is 2.78. The Labute approximate surface area is 245 Å². The molecule has 13 heteroatoms. The van der Waals surface area contributed by atoms with Crippen molar-refractivity contribution in [2.45, 2.75) is 49.2 Å². The van der Waals surface area contributed by atoms with Crippen molar-refractivity contribution in [3.05, 3.63) is 84.1 Å². The third-order valence-electron chi connectivity index (χ3n) is 6.74. The third kappa shape index (κ3) is 7.77. The molecule has 2 aromatic carbocycles. The monoisotopic (exact) mass is 592 g/mol. The Morgan fingerprint density at radius 3 is 2.57 bits per heavy atom. The maximum absolute atomic E-state index is 13.9. The predicted octanol–water partition coefficient (Wildman–Crippen LogP) is 2.40. The van der Waals surface area contributed by atoms with Gasteiger partial charge >= 0.3 is 5.97 Å². The largest absolute Gasteiger partial charge is 0.427 e. The van der Waals surface area contributed by atoms with Crippen molar-refractivity contribution in [3.8, 4) is 5.75 Å². The van der Waals surface area contributed by atoms with Gasteiger partial charge in [-0.15, -0.1) is 0 Å². The zero-order valence-corrected chi connectivity index (χ0v) is 23.7. The van der Waals surface area contributed by atoms with Crippen LogP contribution in [0.1, 0.15) is 36.9 Å². The molecule has 0 spiro atoms. The van der Waals surface area contributed by atoms with E-state index in [0.29, 0.717) is 42.1 Å². The minimum Gasteiger partial charge on any atom is -0.427 e. The minimum absolute atomic E-state index is 0.177. The fourth-order valence-electron chi connectivity index (χ4n) is 4.82. The molecule has 0 saturated carbocycles. The number of likely N-dealkylation sites (tertiary alicyclic amines) is 1. The first kappa shape index (κ1) is 30.3. The highest BCUT2D eigenvalue weighted by Crippen LogP contribution is 2.24. The van der Waals surface area contributed by atoms with Crippen LogP contribution < -0.4 is 21.1 Å². The Kier molecular flexibility index (Phi) is 9.99. The van der Waals surface area contributed by atoms with Gasteiger partial charge in [0.15, 0.2) is 11.1 Å². The lowest BCUT2D eigenvalue weighted by molar-refractivity contribution is -0.139. The highest BCUT2D eigenvalue weighted by Gasteiger charge is 2.38. The van der Waals surface area contributed by atoms with Crippen LogP contribution in [-0.2, 0) is 31.9 Å². The number of benzene rings is 2. The van der Waals surface area contributed by atoms with Crippen molar-refractivity contribution in [3.63, 3.8) is 0 Å². The van der Waals surface area contributed by atoms with Crippen molar-refractivity contribution in [1.29, 1.82) is 5.41 Å². The van der Waals surface area contributed by atoms with E-state index in [1.807, 2.05) is 0 Å². The van der Waals surface area contributed by atoms with Gasteiger partial charge in [0.2, 0.25) is 11.8 Å². The zero-order valence-electron chi connectivity index (χ0n) is 22.9. The molecule has 2 unspecified atom stereocenters. The zero-order chi connectivity index (χ0) is 30.2. The lowest BCUT2D eigenvalue weighted by Crippen LogP contribution is -2.52. The van der Waals surface area contributed by atoms with E-state index in [0.717, 1.165) is 0 Å². The molecular weight excluding hydrogens is 560 g/mol. The summed E-state index contributed by atoms with van der Waals surface area (Å²) in [5.41, 5.74) is 7.00. The SMILES string of the molecule is CC(=O)Oc1ccc(C(NC(=O)[C@@H]2CCCN2C(=O)[C@@H](Cc2cccc(S(=O)O)c2)Nc2ccccn2)C(=N)N)cc1. The number of hydrogen-bond donors (Lipinski definition) is 5. The van der Waals surface area contributed by atoms with Gasteiger partial charge in [0.25, 0.3) is 0 Å². The van der Waals surface area contributed by atoms with E-state index in [9.17, 15) is 23.1 Å². The lowest BCUT2D eigenvalue weighted by atomic mass is 10.0. The van der Waals surface area contributed by atoms with Crippen molar-refractivity contribution in [2.75, 3.05) is 11.9 Å². The van der Waals surface area contributed by atoms with E-state index in [2.05, 4.69) is 15.6 Å². The molecule has 0 aliphatic carbocycles. The van der Waals surface area contributed by atoms with Gasteiger partial charge in [-0.1, -0.05) is 30.3 Å². The van der Waals surface area contributed by atoms with Crippen molar-refractivity contribution < 1.29 is 27.9 Å². The Morgan fingerprint density at radius 1 is 1.17 bits per heavy atom. The molecule has 42 heavy (non-hydrogen) atoms. The number of esters is 1. The van der Waals surface area contributed by atoms with Gasteiger partial charge in [0.1, 0.15) is 35.5 Å². The molecule has 6 N–H and O–H groups in total. The van der Waals surface area contributed by atoms with E-state index >= 15 is 0 Å². The van der Waals surface area contributed by atoms with Crippen LogP contribution in [0.2, 0.25) is 0 Å². The van der Waals surface area contributed by atoms with Gasteiger partial charge in [-0.2, -0.15) is 0 Å². The van der Waals surface area contributed by atoms with Gasteiger partial charge in [-0.3, -0.25) is 19.8 Å². The molecule has 2 amide bonds. The summed E-state index contributed by atoms with van der Waals surface area (Å²) in [6, 6.07) is 15.4. The Bertz CT molecular complexity index is 1470. The molecule has 4 atom stereocenters. The normalized spacial score (nSPS) is 16.6. The van der Waals surface area contributed by atoms with E-state index in [-0.39, 0.29) is 23.1 Å². The fraction of sp³-hybridized carbons (Fsp3) is 0.276. The Balaban J connectivity index is 1.54. The number of nitrogens with one attached hydrogen (secondary N) is 3. The number of nitrogens with two attached hydrogens (primary N) is 1. The molecule has 1 aliphatic rings. The average molecular weight is 593 g/mol. The summed E-state index contributed by atoms with van der Waals surface area (Å²) in [6.45, 7) is 1.63. The smallest absolute Gasteiger partial charge is 0.308 e. The second kappa shape index (κ2) is 13.8. The average Bonchev–Trinajstić information content (AvgIpc) is 3.46. The first-order valence-electron chi connectivity index (χ1n) is 13.2. The molecule has 0 bridgehead atoms. The number of aromatic nitrogens is 1. The molecule has 2 heterocycles. The number of nitrogens with zero attached hydrogens (tertiary/aromatic N) is 2. The summed E-state index contributed by atoms with van der Waals surface area (Å²) in [4.78, 5) is 44.6. The molecule has 1 fully saturated rings. The number of ether oxygens (including phenoxy) is 1. The van der Waals surface area contributed by atoms with Crippen LogP contribution >= 0.6 is 0 Å². The summed E-state index contributed by atoms with van der Waals surface area (Å²) in [5.74, 6) is -0.785. The number of hydrogen-bond acceptors (Lipinski definition) is 8. The van der Waals surface area contributed by atoms with E-state index < -0.39 is 41.1 Å². The fourth-order valence-corrected chi connectivity index (χ4v) is 5.27. The number of pyridine rings is 1. The third-order valence-corrected chi connectivity index (χ3v) is 7.39. The van der Waals surface area contributed by atoms with Crippen LogP contribution in [0.3, 0.4) is 0 Å². The summed E-state index contributed by atoms with van der Waals surface area (Å²) in [5, 5.41) is 14.0. The standard InChI is InChI=1S/C29H32N6O6S/c1-18(36)41-21-12-10-20(11-13-21)26(27(30)31)34-28(37)24-8-5-15-35(24)29(38)23(33-25-9-2-3-14-32-25)17-19-6-4-7-22(16-19)42(39)40/h2-4,6-7,9-14,16,23-24,26H,5,8,15,17H2,1H3,(H3,30,31)(H,32,33)(H,34,37)(H,39,40)/t23-,24+,26?/m1/s1. The predicted molar refractivity (Wildman–Crippen MR) is 156 cm³/mol. The molecule has 3 aromatic rings. The molecule has 1 saturated heterocycles. The van der Waals surface area contributed by atoms with Gasteiger partial charge in [0.05, 0.1) is 4.90 Å². The summed E-state index contributed by atoms with van der Waals surface area (Å²) >= 11 is -2.18. The first-order chi connectivity index (χ1) is 20.1. The number of amides is 2. The van der Waals surface area contributed by atoms with E-state index in [1.54, 1.807) is 66.9 Å². The Hall–Kier alpha value is -4.62. The summed E-state index contributed by atoms with van der Waals surface area (Å²) < 4.78 is 26.2. The molecular formula is C29H32N6O6S. The van der Waals surface area contributed by atoms with E-state index in [4.69, 9.17) is 15.9 Å². The van der Waals surface area contributed by atoms with Crippen LogP contribution in [0.4, 0.5) is 5.82 Å². The van der Waals surface area contributed by atoms with Crippen LogP contribution in [-0.4, -0.2) is 60.9 Å². The maximum Gasteiger partial charge on any atom is 0.308 e. The first-order valence-corrected chi connectivity index (χ1v) is 14.3. The van der Waals surface area contributed by atoms with Crippen molar-refractivity contribution in [1.82, 2.24) is 15.2 Å². The molecule has 0 radical (unpaired) electrons. The van der Waals surface area contributed by atoms with Crippen LogP contribution in [0, 0.1) is 5.41 Å². The number of carbonyl (C=O) groups excluding carboxylic acids is 3. The minimum atomic E-state index is -2.18. The van der Waals surface area contributed by atoms with Crippen molar-refractivity contribution in [2.24, 2.45) is 5.73 Å². The molecule has 220 valence electrons. The van der Waals surface area contributed by atoms with Gasteiger partial charge in [-0.05, 0) is 60.4 Å². The van der Waals surface area contributed by atoms with Crippen LogP contribution in [0.5, 0.6) is 5.75 Å². The molecule has 1 aliphatic heterocycles. The topological polar surface area (TPSA) is 188 Å². The van der Waals surface area contributed by atoms with Gasteiger partial charge in [-0.25, -0.2) is 9.19 Å². The number of amidine groups is 1. The van der Waals surface area contributed by atoms with Crippen LogP contribution in [0.25, 0.3) is 0 Å². The van der Waals surface area contributed by atoms with E-state index in [1.165, 1.54) is 17.9 Å². The second-order valence-corrected chi connectivity index (χ2v) is 10.7.